The van der Waals surface area contributed by atoms with Gasteiger partial charge in [0.05, 0.1) is 23.8 Å². The molecule has 190 valence electrons. The van der Waals surface area contributed by atoms with Gasteiger partial charge in [-0.05, 0) is 48.1 Å². The molecule has 0 bridgehead atoms. The van der Waals surface area contributed by atoms with Crippen molar-refractivity contribution in [3.8, 4) is 5.75 Å². The number of anilines is 1. The number of rotatable bonds is 12. The Morgan fingerprint density at radius 1 is 1.21 bits per heavy atom. The molecule has 1 aromatic heterocycles. The third-order valence-electron chi connectivity index (χ3n) is 5.17. The molecule has 0 fully saturated rings. The van der Waals surface area contributed by atoms with Crippen LogP contribution in [0.25, 0.3) is 0 Å². The van der Waals surface area contributed by atoms with Crippen molar-refractivity contribution in [3.05, 3.63) is 40.1 Å². The number of methoxy groups -OCH3 is 1. The number of amides is 1. The molecule has 0 aliphatic rings. The highest BCUT2D eigenvalue weighted by Crippen LogP contribution is 2.35. The monoisotopic (exact) mass is 511 g/mol. The highest BCUT2D eigenvalue weighted by atomic mass is 32.2. The lowest BCUT2D eigenvalue weighted by Crippen LogP contribution is -2.40. The standard InChI is InChI=1S/C24H37N3O5S2/c1-16(2)14-27(34(30,31)19-9-7-18(32-6)8-10-19)15-17(28)11-12-26-20-13-21(24(3,4)5)33-22(20)23(25)29/h7-10,13,16-17,26,28H,11-12,14-15H2,1-6H3,(H2,25,29)/t17-/m0/s1. The Bertz CT molecular complexity index is 1060. The quantitative estimate of drug-likeness (QED) is 0.400. The number of carbonyl (C=O) groups is 1. The molecule has 0 saturated heterocycles. The second-order valence-electron chi connectivity index (χ2n) is 9.73. The van der Waals surface area contributed by atoms with Crippen LogP contribution in [0.2, 0.25) is 0 Å². The normalized spacial score (nSPS) is 13.3. The maximum Gasteiger partial charge on any atom is 0.260 e. The predicted octanol–water partition coefficient (Wildman–Crippen LogP) is 3.66. The Labute approximate surface area is 207 Å². The van der Waals surface area contributed by atoms with E-state index in [1.54, 1.807) is 12.1 Å². The molecule has 0 unspecified atom stereocenters. The van der Waals surface area contributed by atoms with E-state index in [2.05, 4.69) is 26.1 Å². The topological polar surface area (TPSA) is 122 Å². The van der Waals surface area contributed by atoms with E-state index in [0.717, 1.165) is 4.88 Å². The van der Waals surface area contributed by atoms with Gasteiger partial charge in [-0.15, -0.1) is 11.3 Å². The lowest BCUT2D eigenvalue weighted by molar-refractivity contribution is 0.100. The fourth-order valence-corrected chi connectivity index (χ4v) is 6.03. The summed E-state index contributed by atoms with van der Waals surface area (Å²) in [7, 11) is -2.27. The molecule has 1 aromatic carbocycles. The summed E-state index contributed by atoms with van der Waals surface area (Å²) in [4.78, 5) is 13.5. The van der Waals surface area contributed by atoms with E-state index in [9.17, 15) is 18.3 Å². The summed E-state index contributed by atoms with van der Waals surface area (Å²) in [6.45, 7) is 10.6. The Kier molecular flexibility index (Phi) is 9.53. The van der Waals surface area contributed by atoms with Gasteiger partial charge >= 0.3 is 0 Å². The minimum Gasteiger partial charge on any atom is -0.497 e. The van der Waals surface area contributed by atoms with Gasteiger partial charge in [0.25, 0.3) is 5.91 Å². The van der Waals surface area contributed by atoms with Crippen LogP contribution < -0.4 is 15.8 Å². The van der Waals surface area contributed by atoms with Crippen LogP contribution >= 0.6 is 11.3 Å². The van der Waals surface area contributed by atoms with Gasteiger partial charge in [-0.2, -0.15) is 4.31 Å². The number of nitrogens with zero attached hydrogens (tertiary/aromatic N) is 1. The number of carbonyl (C=O) groups excluding carboxylic acids is 1. The van der Waals surface area contributed by atoms with Crippen molar-refractivity contribution in [2.45, 2.75) is 57.5 Å². The zero-order valence-electron chi connectivity index (χ0n) is 20.8. The molecule has 1 atom stereocenters. The highest BCUT2D eigenvalue weighted by Gasteiger charge is 2.27. The van der Waals surface area contributed by atoms with Crippen molar-refractivity contribution in [1.29, 1.82) is 0 Å². The molecule has 4 N–H and O–H groups in total. The molecular formula is C24H37N3O5S2. The van der Waals surface area contributed by atoms with Gasteiger partial charge < -0.3 is 20.9 Å². The molecule has 2 rings (SSSR count). The van der Waals surface area contributed by atoms with E-state index in [1.807, 2.05) is 19.9 Å². The molecule has 10 heteroatoms. The van der Waals surface area contributed by atoms with E-state index in [4.69, 9.17) is 10.5 Å². The number of benzene rings is 1. The predicted molar refractivity (Wildman–Crippen MR) is 137 cm³/mol. The minimum absolute atomic E-state index is 0.0340. The summed E-state index contributed by atoms with van der Waals surface area (Å²) >= 11 is 1.36. The number of primary amides is 1. The number of aliphatic hydroxyl groups excluding tert-OH is 1. The summed E-state index contributed by atoms with van der Waals surface area (Å²) in [6, 6.07) is 8.12. The largest absolute Gasteiger partial charge is 0.497 e. The smallest absolute Gasteiger partial charge is 0.260 e. The Balaban J connectivity index is 2.09. The van der Waals surface area contributed by atoms with Gasteiger partial charge in [0.1, 0.15) is 10.6 Å². The molecule has 8 nitrogen and oxygen atoms in total. The number of thiophene rings is 1. The maximum absolute atomic E-state index is 13.2. The molecule has 0 aliphatic heterocycles. The molecule has 0 aliphatic carbocycles. The number of aliphatic hydroxyl groups is 1. The molecule has 0 saturated carbocycles. The molecule has 0 spiro atoms. The van der Waals surface area contributed by atoms with Crippen molar-refractivity contribution >= 4 is 33.0 Å². The van der Waals surface area contributed by atoms with Gasteiger partial charge in [0.2, 0.25) is 10.0 Å². The van der Waals surface area contributed by atoms with E-state index in [-0.39, 0.29) is 29.3 Å². The van der Waals surface area contributed by atoms with Crippen molar-refractivity contribution in [2.24, 2.45) is 11.7 Å². The Morgan fingerprint density at radius 2 is 1.82 bits per heavy atom. The first kappa shape index (κ1) is 28.1. The van der Waals surface area contributed by atoms with Crippen molar-refractivity contribution in [3.63, 3.8) is 0 Å². The van der Waals surface area contributed by atoms with Crippen LogP contribution in [-0.2, 0) is 15.4 Å². The summed E-state index contributed by atoms with van der Waals surface area (Å²) < 4.78 is 32.9. The van der Waals surface area contributed by atoms with Gasteiger partial charge in [-0.25, -0.2) is 8.42 Å². The third-order valence-corrected chi connectivity index (χ3v) is 8.59. The van der Waals surface area contributed by atoms with E-state index >= 15 is 0 Å². The second-order valence-corrected chi connectivity index (χ2v) is 12.7. The summed E-state index contributed by atoms with van der Waals surface area (Å²) in [5.41, 5.74) is 6.05. The molecular weight excluding hydrogens is 474 g/mol. The van der Waals surface area contributed by atoms with Crippen LogP contribution in [0.3, 0.4) is 0 Å². The van der Waals surface area contributed by atoms with Gasteiger partial charge in [-0.3, -0.25) is 4.79 Å². The summed E-state index contributed by atoms with van der Waals surface area (Å²) in [6.07, 6.45) is -0.594. The van der Waals surface area contributed by atoms with Crippen molar-refractivity contribution in [2.75, 3.05) is 32.1 Å². The van der Waals surface area contributed by atoms with Crippen LogP contribution in [0, 0.1) is 5.92 Å². The molecule has 0 radical (unpaired) electrons. The Morgan fingerprint density at radius 3 is 2.32 bits per heavy atom. The molecule has 34 heavy (non-hydrogen) atoms. The molecule has 2 aromatic rings. The second kappa shape index (κ2) is 11.5. The average molecular weight is 512 g/mol. The summed E-state index contributed by atoms with van der Waals surface area (Å²) in [5.74, 6) is 0.147. The van der Waals surface area contributed by atoms with Crippen LogP contribution in [-0.4, -0.2) is 56.6 Å². The zero-order valence-corrected chi connectivity index (χ0v) is 22.4. The first-order valence-electron chi connectivity index (χ1n) is 11.3. The van der Waals surface area contributed by atoms with Crippen LogP contribution in [0.15, 0.2) is 35.2 Å². The fourth-order valence-electron chi connectivity index (χ4n) is 3.35. The molecule has 1 heterocycles. The van der Waals surface area contributed by atoms with E-state index < -0.39 is 22.0 Å². The number of hydrogen-bond donors (Lipinski definition) is 3. The Hall–Kier alpha value is -2.14. The van der Waals surface area contributed by atoms with E-state index in [1.165, 1.54) is 34.9 Å². The SMILES string of the molecule is COc1ccc(S(=O)(=O)N(CC(C)C)C[C@@H](O)CCNc2cc(C(C)(C)C)sc2C(N)=O)cc1. The first-order chi connectivity index (χ1) is 15.8. The van der Waals surface area contributed by atoms with Gasteiger partial charge in [0, 0.05) is 24.5 Å². The lowest BCUT2D eigenvalue weighted by atomic mass is 9.94. The van der Waals surface area contributed by atoms with Crippen molar-refractivity contribution < 1.29 is 23.1 Å². The number of sulfonamides is 1. The fraction of sp³-hybridized carbons (Fsp3) is 0.542. The lowest BCUT2D eigenvalue weighted by Gasteiger charge is -2.26. The van der Waals surface area contributed by atoms with Crippen LogP contribution in [0.5, 0.6) is 5.75 Å². The van der Waals surface area contributed by atoms with Crippen molar-refractivity contribution in [1.82, 2.24) is 4.31 Å². The highest BCUT2D eigenvalue weighted by molar-refractivity contribution is 7.89. The van der Waals surface area contributed by atoms with Gasteiger partial charge in [-0.1, -0.05) is 34.6 Å². The van der Waals surface area contributed by atoms with Crippen LogP contribution in [0.1, 0.15) is 55.6 Å². The first-order valence-corrected chi connectivity index (χ1v) is 13.5. The third kappa shape index (κ3) is 7.43. The van der Waals surface area contributed by atoms with E-state index in [0.29, 0.717) is 29.3 Å². The zero-order chi connectivity index (χ0) is 25.7. The average Bonchev–Trinajstić information content (AvgIpc) is 3.18. The number of hydrogen-bond acceptors (Lipinski definition) is 7. The maximum atomic E-state index is 13.2. The number of nitrogens with two attached hydrogens (primary N) is 1. The number of ether oxygens (including phenoxy) is 1. The summed E-state index contributed by atoms with van der Waals surface area (Å²) in [5, 5.41) is 13.8. The van der Waals surface area contributed by atoms with Crippen LogP contribution in [0.4, 0.5) is 5.69 Å². The minimum atomic E-state index is -3.79. The number of nitrogens with one attached hydrogen (secondary N) is 1. The molecule has 1 amide bonds. The van der Waals surface area contributed by atoms with Gasteiger partial charge in [0.15, 0.2) is 0 Å².